The number of methoxy groups -OCH3 is 2. The normalized spacial score (nSPS) is 10.5. The summed E-state index contributed by atoms with van der Waals surface area (Å²) in [5.41, 5.74) is 3.28. The van der Waals surface area contributed by atoms with Crippen molar-refractivity contribution in [3.05, 3.63) is 71.9 Å². The van der Waals surface area contributed by atoms with Gasteiger partial charge in [-0.2, -0.15) is 0 Å². The zero-order valence-corrected chi connectivity index (χ0v) is 13.5. The highest BCUT2D eigenvalue weighted by Crippen LogP contribution is 2.28. The number of para-hydroxylation sites is 1. The summed E-state index contributed by atoms with van der Waals surface area (Å²) >= 11 is 0. The summed E-state index contributed by atoms with van der Waals surface area (Å²) in [6.45, 7) is 0. The number of ether oxygens (including phenoxy) is 2. The Morgan fingerprint density at radius 1 is 0.917 bits per heavy atom. The van der Waals surface area contributed by atoms with Crippen molar-refractivity contribution in [2.75, 3.05) is 14.2 Å². The zero-order chi connectivity index (χ0) is 16.9. The largest absolute Gasteiger partial charge is 0.496 e. The Bertz CT molecular complexity index is 852. The van der Waals surface area contributed by atoms with E-state index in [1.807, 2.05) is 36.4 Å². The van der Waals surface area contributed by atoms with Crippen molar-refractivity contribution in [2.24, 2.45) is 0 Å². The summed E-state index contributed by atoms with van der Waals surface area (Å²) in [5, 5.41) is 0. The molecule has 1 aromatic heterocycles. The number of rotatable bonds is 5. The minimum Gasteiger partial charge on any atom is -0.496 e. The minimum atomic E-state index is -0.381. The molecule has 0 radical (unpaired) electrons. The molecule has 0 aliphatic rings. The highest BCUT2D eigenvalue weighted by molar-refractivity contribution is 5.67. The predicted molar refractivity (Wildman–Crippen MR) is 89.8 cm³/mol. The Kier molecular flexibility index (Phi) is 4.70. The molecule has 3 rings (SSSR count). The minimum absolute atomic E-state index is 0.233. The van der Waals surface area contributed by atoms with Crippen molar-refractivity contribution in [3.8, 4) is 22.8 Å². The van der Waals surface area contributed by atoms with Crippen molar-refractivity contribution in [2.45, 2.75) is 6.42 Å². The Hall–Kier alpha value is -2.95. The average Bonchev–Trinajstić information content (AvgIpc) is 2.62. The SMILES string of the molecule is COc1ccc(Cc2cc(-c3ccccc3OC)ncn2)cc1F. The molecule has 0 amide bonds. The van der Waals surface area contributed by atoms with Crippen LogP contribution in [0.2, 0.25) is 0 Å². The molecular weight excluding hydrogens is 307 g/mol. The molecule has 24 heavy (non-hydrogen) atoms. The molecular formula is C19H17FN2O2. The van der Waals surface area contributed by atoms with Crippen molar-refractivity contribution in [1.29, 1.82) is 0 Å². The maximum atomic E-state index is 13.8. The van der Waals surface area contributed by atoms with Gasteiger partial charge >= 0.3 is 0 Å². The molecule has 0 aliphatic carbocycles. The van der Waals surface area contributed by atoms with Crippen LogP contribution in [0, 0.1) is 5.82 Å². The lowest BCUT2D eigenvalue weighted by atomic mass is 10.1. The van der Waals surface area contributed by atoms with Gasteiger partial charge in [0.15, 0.2) is 11.6 Å². The van der Waals surface area contributed by atoms with Crippen LogP contribution in [0.25, 0.3) is 11.3 Å². The molecule has 0 atom stereocenters. The second-order valence-electron chi connectivity index (χ2n) is 5.24. The smallest absolute Gasteiger partial charge is 0.165 e. The molecule has 0 spiro atoms. The lowest BCUT2D eigenvalue weighted by molar-refractivity contribution is 0.386. The lowest BCUT2D eigenvalue weighted by Crippen LogP contribution is -1.97. The fraction of sp³-hybridized carbons (Fsp3) is 0.158. The quantitative estimate of drug-likeness (QED) is 0.714. The predicted octanol–water partition coefficient (Wildman–Crippen LogP) is 3.89. The van der Waals surface area contributed by atoms with Gasteiger partial charge in [0.2, 0.25) is 0 Å². The van der Waals surface area contributed by atoms with E-state index in [-0.39, 0.29) is 11.6 Å². The maximum absolute atomic E-state index is 13.8. The van der Waals surface area contributed by atoms with Crippen LogP contribution in [0.15, 0.2) is 54.9 Å². The molecule has 0 unspecified atom stereocenters. The Morgan fingerprint density at radius 3 is 2.46 bits per heavy atom. The van der Waals surface area contributed by atoms with E-state index in [2.05, 4.69) is 9.97 Å². The fourth-order valence-corrected chi connectivity index (χ4v) is 2.53. The number of hydrogen-bond donors (Lipinski definition) is 0. The van der Waals surface area contributed by atoms with E-state index < -0.39 is 0 Å². The van der Waals surface area contributed by atoms with Gasteiger partial charge in [0.25, 0.3) is 0 Å². The first-order valence-electron chi connectivity index (χ1n) is 7.48. The first kappa shape index (κ1) is 15.9. The van der Waals surface area contributed by atoms with E-state index in [4.69, 9.17) is 9.47 Å². The third-order valence-electron chi connectivity index (χ3n) is 3.71. The van der Waals surface area contributed by atoms with Crippen LogP contribution in [-0.4, -0.2) is 24.2 Å². The Morgan fingerprint density at radius 2 is 1.71 bits per heavy atom. The summed E-state index contributed by atoms with van der Waals surface area (Å²) in [7, 11) is 3.07. The number of nitrogens with zero attached hydrogens (tertiary/aromatic N) is 2. The van der Waals surface area contributed by atoms with Gasteiger partial charge in [0, 0.05) is 17.7 Å². The summed E-state index contributed by atoms with van der Waals surface area (Å²) in [5.74, 6) is 0.600. The zero-order valence-electron chi connectivity index (χ0n) is 13.5. The molecule has 0 saturated carbocycles. The third kappa shape index (κ3) is 3.35. The first-order chi connectivity index (χ1) is 11.7. The van der Waals surface area contributed by atoms with Crippen LogP contribution in [0.4, 0.5) is 4.39 Å². The van der Waals surface area contributed by atoms with Crippen LogP contribution >= 0.6 is 0 Å². The maximum Gasteiger partial charge on any atom is 0.165 e. The second kappa shape index (κ2) is 7.08. The molecule has 2 aromatic carbocycles. The van der Waals surface area contributed by atoms with E-state index in [1.54, 1.807) is 13.2 Å². The molecule has 3 aromatic rings. The lowest BCUT2D eigenvalue weighted by Gasteiger charge is -2.09. The van der Waals surface area contributed by atoms with Gasteiger partial charge in [-0.1, -0.05) is 18.2 Å². The number of hydrogen-bond acceptors (Lipinski definition) is 4. The van der Waals surface area contributed by atoms with Gasteiger partial charge in [-0.25, -0.2) is 14.4 Å². The van der Waals surface area contributed by atoms with Crippen molar-refractivity contribution >= 4 is 0 Å². The van der Waals surface area contributed by atoms with E-state index in [0.29, 0.717) is 6.42 Å². The van der Waals surface area contributed by atoms with Gasteiger partial charge in [0.05, 0.1) is 19.9 Å². The second-order valence-corrected chi connectivity index (χ2v) is 5.24. The molecule has 0 aliphatic heterocycles. The van der Waals surface area contributed by atoms with Gasteiger partial charge in [0.1, 0.15) is 12.1 Å². The summed E-state index contributed by atoms with van der Waals surface area (Å²) in [6.07, 6.45) is 2.02. The van der Waals surface area contributed by atoms with Crippen LogP contribution < -0.4 is 9.47 Å². The van der Waals surface area contributed by atoms with E-state index >= 15 is 0 Å². The molecule has 122 valence electrons. The molecule has 1 heterocycles. The summed E-state index contributed by atoms with van der Waals surface area (Å²) in [6, 6.07) is 14.5. The van der Waals surface area contributed by atoms with Crippen molar-refractivity contribution < 1.29 is 13.9 Å². The average molecular weight is 324 g/mol. The van der Waals surface area contributed by atoms with E-state index in [9.17, 15) is 4.39 Å². The van der Waals surface area contributed by atoms with Gasteiger partial charge in [-0.3, -0.25) is 0 Å². The standard InChI is InChI=1S/C19H17FN2O2/c1-23-18-6-4-3-5-15(18)17-11-14(21-12-22-17)9-13-7-8-19(24-2)16(20)10-13/h3-8,10-12H,9H2,1-2H3. The topological polar surface area (TPSA) is 44.2 Å². The number of halogens is 1. The van der Waals surface area contributed by atoms with Gasteiger partial charge in [-0.05, 0) is 35.9 Å². The summed E-state index contributed by atoms with van der Waals surface area (Å²) in [4.78, 5) is 8.60. The third-order valence-corrected chi connectivity index (χ3v) is 3.71. The fourth-order valence-electron chi connectivity index (χ4n) is 2.53. The van der Waals surface area contributed by atoms with E-state index in [0.717, 1.165) is 28.3 Å². The van der Waals surface area contributed by atoms with Crippen LogP contribution in [-0.2, 0) is 6.42 Å². The molecule has 0 saturated heterocycles. The Balaban J connectivity index is 1.89. The highest BCUT2D eigenvalue weighted by Gasteiger charge is 2.09. The van der Waals surface area contributed by atoms with Crippen molar-refractivity contribution in [3.63, 3.8) is 0 Å². The Labute approximate surface area is 139 Å². The van der Waals surface area contributed by atoms with Crippen LogP contribution in [0.3, 0.4) is 0 Å². The number of benzene rings is 2. The first-order valence-corrected chi connectivity index (χ1v) is 7.48. The van der Waals surface area contributed by atoms with Crippen LogP contribution in [0.1, 0.15) is 11.3 Å². The van der Waals surface area contributed by atoms with Crippen LogP contribution in [0.5, 0.6) is 11.5 Å². The van der Waals surface area contributed by atoms with Gasteiger partial charge in [-0.15, -0.1) is 0 Å². The molecule has 4 nitrogen and oxygen atoms in total. The van der Waals surface area contributed by atoms with Gasteiger partial charge < -0.3 is 9.47 Å². The van der Waals surface area contributed by atoms with Crippen molar-refractivity contribution in [1.82, 2.24) is 9.97 Å². The monoisotopic (exact) mass is 324 g/mol. The molecule has 0 N–H and O–H groups in total. The highest BCUT2D eigenvalue weighted by atomic mass is 19.1. The molecule has 0 bridgehead atoms. The molecule has 0 fully saturated rings. The van der Waals surface area contributed by atoms with E-state index in [1.165, 1.54) is 19.5 Å². The molecule has 5 heteroatoms. The number of aromatic nitrogens is 2. The summed E-state index contributed by atoms with van der Waals surface area (Å²) < 4.78 is 24.1.